The summed E-state index contributed by atoms with van der Waals surface area (Å²) in [6.45, 7) is 2.00. The van der Waals surface area contributed by atoms with Crippen molar-refractivity contribution in [2.75, 3.05) is 0 Å². The largest absolute Gasteiger partial charge is 0.478 e. The van der Waals surface area contributed by atoms with Gasteiger partial charge in [0, 0.05) is 17.8 Å². The Labute approximate surface area is 119 Å². The number of benzene rings is 1. The molecule has 0 fully saturated rings. The van der Waals surface area contributed by atoms with Crippen LogP contribution in [0.2, 0.25) is 0 Å². The third kappa shape index (κ3) is 2.21. The molecule has 2 heterocycles. The van der Waals surface area contributed by atoms with E-state index in [4.69, 9.17) is 0 Å². The number of carboxylic acids is 1. The first-order valence-corrected chi connectivity index (χ1v) is 6.83. The molecule has 1 N–H and O–H groups in total. The maximum atomic E-state index is 11.3. The van der Waals surface area contributed by atoms with Crippen LogP contribution < -0.4 is 0 Å². The average Bonchev–Trinajstić information content (AvgIpc) is 3.08. The summed E-state index contributed by atoms with van der Waals surface area (Å²) >= 11 is 1.37. The van der Waals surface area contributed by atoms with E-state index in [1.807, 2.05) is 31.2 Å². The Morgan fingerprint density at radius 1 is 1.30 bits per heavy atom. The lowest BCUT2D eigenvalue weighted by atomic mass is 10.2. The lowest BCUT2D eigenvalue weighted by Crippen LogP contribution is -1.96. The molecule has 0 unspecified atom stereocenters. The Hall–Kier alpha value is -2.47. The van der Waals surface area contributed by atoms with Crippen LogP contribution in [0.15, 0.2) is 42.0 Å². The van der Waals surface area contributed by atoms with E-state index >= 15 is 0 Å². The predicted octanol–water partition coefficient (Wildman–Crippen LogP) is 3.00. The zero-order chi connectivity index (χ0) is 14.1. The smallest absolute Gasteiger partial charge is 0.339 e. The van der Waals surface area contributed by atoms with Crippen molar-refractivity contribution in [3.63, 3.8) is 0 Å². The molecule has 6 heteroatoms. The molecule has 0 aliphatic rings. The van der Waals surface area contributed by atoms with Crippen molar-refractivity contribution in [2.45, 2.75) is 6.92 Å². The molecule has 0 saturated carbocycles. The summed E-state index contributed by atoms with van der Waals surface area (Å²) in [4.78, 5) is 15.5. The number of rotatable bonds is 3. The first kappa shape index (κ1) is 12.6. The fourth-order valence-corrected chi connectivity index (χ4v) is 2.49. The molecular weight excluding hydrogens is 274 g/mol. The minimum Gasteiger partial charge on any atom is -0.478 e. The topological polar surface area (TPSA) is 68.0 Å². The first-order valence-electron chi connectivity index (χ1n) is 5.95. The molecule has 0 amide bonds. The molecule has 3 rings (SSSR count). The Balaban J connectivity index is 2.12. The standard InChI is InChI=1S/C14H11N3O2S/c1-9-2-4-10(5-3-9)17-8-11(14(18)19)12(16-17)13-15-6-7-20-13/h2-8H,1H3,(H,18,19). The van der Waals surface area contributed by atoms with E-state index in [-0.39, 0.29) is 5.56 Å². The van der Waals surface area contributed by atoms with Crippen LogP contribution in [0.1, 0.15) is 15.9 Å². The highest BCUT2D eigenvalue weighted by atomic mass is 32.1. The van der Waals surface area contributed by atoms with Crippen molar-refractivity contribution in [1.82, 2.24) is 14.8 Å². The Morgan fingerprint density at radius 3 is 2.65 bits per heavy atom. The molecule has 3 aromatic rings. The van der Waals surface area contributed by atoms with Crippen LogP contribution in [0.3, 0.4) is 0 Å². The number of aryl methyl sites for hydroxylation is 1. The molecule has 2 aromatic heterocycles. The molecule has 0 saturated heterocycles. The van der Waals surface area contributed by atoms with Crippen LogP contribution >= 0.6 is 11.3 Å². The Kier molecular flexibility index (Phi) is 3.08. The zero-order valence-electron chi connectivity index (χ0n) is 10.6. The van der Waals surface area contributed by atoms with Gasteiger partial charge in [0.2, 0.25) is 0 Å². The lowest BCUT2D eigenvalue weighted by Gasteiger charge is -2.00. The van der Waals surface area contributed by atoms with Crippen molar-refractivity contribution >= 4 is 17.3 Å². The predicted molar refractivity (Wildman–Crippen MR) is 76.4 cm³/mol. The fourth-order valence-electron chi connectivity index (χ4n) is 1.86. The van der Waals surface area contributed by atoms with Crippen LogP contribution in [0.5, 0.6) is 0 Å². The molecule has 0 aliphatic carbocycles. The fraction of sp³-hybridized carbons (Fsp3) is 0.0714. The van der Waals surface area contributed by atoms with Crippen molar-refractivity contribution < 1.29 is 9.90 Å². The van der Waals surface area contributed by atoms with Gasteiger partial charge in [-0.15, -0.1) is 11.3 Å². The normalized spacial score (nSPS) is 10.7. The minimum atomic E-state index is -1.01. The van der Waals surface area contributed by atoms with Gasteiger partial charge in [0.25, 0.3) is 0 Å². The van der Waals surface area contributed by atoms with Gasteiger partial charge < -0.3 is 5.11 Å². The van der Waals surface area contributed by atoms with E-state index in [9.17, 15) is 9.90 Å². The van der Waals surface area contributed by atoms with Crippen LogP contribution in [-0.2, 0) is 0 Å². The summed E-state index contributed by atoms with van der Waals surface area (Å²) in [5.74, 6) is -1.01. The summed E-state index contributed by atoms with van der Waals surface area (Å²) in [5.41, 5.74) is 2.51. The molecule has 5 nitrogen and oxygen atoms in total. The van der Waals surface area contributed by atoms with Gasteiger partial charge in [-0.05, 0) is 19.1 Å². The molecule has 20 heavy (non-hydrogen) atoms. The van der Waals surface area contributed by atoms with E-state index in [2.05, 4.69) is 10.1 Å². The highest BCUT2D eigenvalue weighted by Crippen LogP contribution is 2.25. The van der Waals surface area contributed by atoms with Gasteiger partial charge in [0.05, 0.1) is 5.69 Å². The number of aromatic nitrogens is 3. The summed E-state index contributed by atoms with van der Waals surface area (Å²) in [7, 11) is 0. The van der Waals surface area contributed by atoms with Gasteiger partial charge >= 0.3 is 5.97 Å². The summed E-state index contributed by atoms with van der Waals surface area (Å²) in [6, 6.07) is 7.72. The third-order valence-electron chi connectivity index (χ3n) is 2.88. The Bertz CT molecular complexity index is 745. The second-order valence-corrected chi connectivity index (χ2v) is 5.21. The van der Waals surface area contributed by atoms with Gasteiger partial charge in [-0.1, -0.05) is 17.7 Å². The summed E-state index contributed by atoms with van der Waals surface area (Å²) < 4.78 is 1.57. The average molecular weight is 285 g/mol. The summed E-state index contributed by atoms with van der Waals surface area (Å²) in [6.07, 6.45) is 3.15. The van der Waals surface area contributed by atoms with Crippen molar-refractivity contribution in [3.05, 3.63) is 53.2 Å². The molecule has 0 bridgehead atoms. The summed E-state index contributed by atoms with van der Waals surface area (Å²) in [5, 5.41) is 16.1. The van der Waals surface area contributed by atoms with Gasteiger partial charge in [-0.3, -0.25) is 0 Å². The minimum absolute atomic E-state index is 0.153. The number of carbonyl (C=O) groups is 1. The number of aromatic carboxylic acids is 1. The van der Waals surface area contributed by atoms with Crippen LogP contribution in [-0.4, -0.2) is 25.8 Å². The molecule has 0 aliphatic heterocycles. The third-order valence-corrected chi connectivity index (χ3v) is 3.66. The SMILES string of the molecule is Cc1ccc(-n2cc(C(=O)O)c(-c3nccs3)n2)cc1. The zero-order valence-corrected chi connectivity index (χ0v) is 11.5. The maximum Gasteiger partial charge on any atom is 0.339 e. The van der Waals surface area contributed by atoms with Gasteiger partial charge in [0.15, 0.2) is 0 Å². The molecule has 100 valence electrons. The number of thiazole rings is 1. The quantitative estimate of drug-likeness (QED) is 0.803. The number of hydrogen-bond donors (Lipinski definition) is 1. The van der Waals surface area contributed by atoms with E-state index in [1.54, 1.807) is 16.3 Å². The Morgan fingerprint density at radius 2 is 2.05 bits per heavy atom. The molecule has 0 atom stereocenters. The van der Waals surface area contributed by atoms with E-state index in [0.29, 0.717) is 10.7 Å². The van der Waals surface area contributed by atoms with E-state index in [0.717, 1.165) is 11.3 Å². The van der Waals surface area contributed by atoms with Crippen LogP contribution in [0, 0.1) is 6.92 Å². The van der Waals surface area contributed by atoms with E-state index in [1.165, 1.54) is 17.5 Å². The number of carboxylic acid groups (broad SMARTS) is 1. The lowest BCUT2D eigenvalue weighted by molar-refractivity contribution is 0.0697. The number of nitrogens with zero attached hydrogens (tertiary/aromatic N) is 3. The molecular formula is C14H11N3O2S. The monoisotopic (exact) mass is 285 g/mol. The van der Waals surface area contributed by atoms with Crippen LogP contribution in [0.4, 0.5) is 0 Å². The van der Waals surface area contributed by atoms with Gasteiger partial charge in [-0.2, -0.15) is 5.10 Å². The maximum absolute atomic E-state index is 11.3. The highest BCUT2D eigenvalue weighted by molar-refractivity contribution is 7.13. The van der Waals surface area contributed by atoms with Crippen LogP contribution in [0.25, 0.3) is 16.4 Å². The highest BCUT2D eigenvalue weighted by Gasteiger charge is 2.19. The first-order chi connectivity index (χ1) is 9.65. The molecule has 0 spiro atoms. The second-order valence-electron chi connectivity index (χ2n) is 4.31. The molecule has 1 aromatic carbocycles. The number of hydrogen-bond acceptors (Lipinski definition) is 4. The van der Waals surface area contributed by atoms with Gasteiger partial charge in [0.1, 0.15) is 16.3 Å². The van der Waals surface area contributed by atoms with Crippen molar-refractivity contribution in [2.24, 2.45) is 0 Å². The van der Waals surface area contributed by atoms with Crippen molar-refractivity contribution in [3.8, 4) is 16.4 Å². The second kappa shape index (κ2) is 4.90. The van der Waals surface area contributed by atoms with Gasteiger partial charge in [-0.25, -0.2) is 14.5 Å². The van der Waals surface area contributed by atoms with E-state index < -0.39 is 5.97 Å². The molecule has 0 radical (unpaired) electrons. The van der Waals surface area contributed by atoms with Crippen molar-refractivity contribution in [1.29, 1.82) is 0 Å².